The standard InChI is InChI=1S/C21H25BrN4O3S2/c1-13-11-14(5-6-15(13)26-10-9-25(4)12-17(26)30)23-19(27)21(2,3)24-20(28)29-18-8-7-16(22)31-18/h5-8,11H,9-10,12H2,1-4H3,(H,23,27)(H,24,28). The maximum atomic E-state index is 12.8. The van der Waals surface area contributed by atoms with Crippen LogP contribution >= 0.6 is 39.5 Å². The average Bonchev–Trinajstić information content (AvgIpc) is 3.06. The number of carbonyl (C=O) groups is 2. The second-order valence-electron chi connectivity index (χ2n) is 7.94. The number of halogens is 1. The van der Waals surface area contributed by atoms with E-state index in [0.717, 1.165) is 39.7 Å². The van der Waals surface area contributed by atoms with Gasteiger partial charge in [0.25, 0.3) is 0 Å². The third-order valence-corrected chi connectivity index (χ3v) is 6.73. The Morgan fingerprint density at radius 1 is 1.23 bits per heavy atom. The van der Waals surface area contributed by atoms with Crippen molar-refractivity contribution in [1.29, 1.82) is 0 Å². The van der Waals surface area contributed by atoms with Gasteiger partial charge in [0.15, 0.2) is 5.06 Å². The van der Waals surface area contributed by atoms with Gasteiger partial charge < -0.3 is 20.3 Å². The minimum atomic E-state index is -1.17. The van der Waals surface area contributed by atoms with Crippen molar-refractivity contribution in [3.05, 3.63) is 39.7 Å². The second kappa shape index (κ2) is 9.64. The number of likely N-dealkylation sites (N-methyl/N-ethyl adjacent to an activating group) is 1. The Bertz CT molecular complexity index is 1010. The van der Waals surface area contributed by atoms with Gasteiger partial charge in [0.2, 0.25) is 5.91 Å². The Morgan fingerprint density at radius 3 is 2.58 bits per heavy atom. The van der Waals surface area contributed by atoms with Crippen molar-refractivity contribution < 1.29 is 14.3 Å². The molecule has 1 aromatic carbocycles. The Balaban J connectivity index is 1.63. The number of ether oxygens (including phenoxy) is 1. The van der Waals surface area contributed by atoms with Crippen molar-refractivity contribution in [2.45, 2.75) is 26.3 Å². The molecular formula is C21H25BrN4O3S2. The first-order valence-corrected chi connectivity index (χ1v) is 11.7. The van der Waals surface area contributed by atoms with Gasteiger partial charge in [0.1, 0.15) is 5.54 Å². The number of rotatable bonds is 5. The smallest absolute Gasteiger partial charge is 0.399 e. The summed E-state index contributed by atoms with van der Waals surface area (Å²) in [4.78, 5) is 30.2. The first-order valence-electron chi connectivity index (χ1n) is 9.71. The first-order chi connectivity index (χ1) is 14.5. The van der Waals surface area contributed by atoms with Gasteiger partial charge in [-0.05, 0) is 79.6 Å². The Morgan fingerprint density at radius 2 is 1.97 bits per heavy atom. The summed E-state index contributed by atoms with van der Waals surface area (Å²) in [6, 6.07) is 9.18. The molecule has 1 aromatic heterocycles. The van der Waals surface area contributed by atoms with Crippen molar-refractivity contribution in [3.8, 4) is 5.06 Å². The lowest BCUT2D eigenvalue weighted by atomic mass is 10.0. The Hall–Kier alpha value is -2.01. The average molecular weight is 525 g/mol. The predicted octanol–water partition coefficient (Wildman–Crippen LogP) is 4.40. The number of piperazine rings is 1. The van der Waals surface area contributed by atoms with Gasteiger partial charge in [-0.2, -0.15) is 0 Å². The van der Waals surface area contributed by atoms with Crippen molar-refractivity contribution >= 4 is 67.8 Å². The summed E-state index contributed by atoms with van der Waals surface area (Å²) in [5.74, 6) is -0.348. The molecule has 1 aliphatic heterocycles. The number of anilines is 2. The number of hydrogen-bond donors (Lipinski definition) is 2. The third-order valence-electron chi connectivity index (χ3n) is 4.88. The van der Waals surface area contributed by atoms with E-state index < -0.39 is 11.6 Å². The van der Waals surface area contributed by atoms with Crippen molar-refractivity contribution in [3.63, 3.8) is 0 Å². The molecule has 0 unspecified atom stereocenters. The molecule has 0 bridgehead atoms. The number of benzene rings is 1. The largest absolute Gasteiger partial charge is 0.414 e. The summed E-state index contributed by atoms with van der Waals surface area (Å²) in [6.45, 7) is 7.77. The van der Waals surface area contributed by atoms with E-state index in [4.69, 9.17) is 17.0 Å². The molecule has 0 aliphatic carbocycles. The van der Waals surface area contributed by atoms with E-state index in [9.17, 15) is 9.59 Å². The molecule has 2 N–H and O–H groups in total. The molecule has 0 spiro atoms. The molecule has 31 heavy (non-hydrogen) atoms. The lowest BCUT2D eigenvalue weighted by Gasteiger charge is -2.35. The van der Waals surface area contributed by atoms with Crippen LogP contribution in [0.25, 0.3) is 0 Å². The van der Waals surface area contributed by atoms with Crippen LogP contribution < -0.4 is 20.3 Å². The quantitative estimate of drug-likeness (QED) is 0.564. The lowest BCUT2D eigenvalue weighted by Crippen LogP contribution is -2.53. The summed E-state index contributed by atoms with van der Waals surface area (Å²) in [5, 5.41) is 5.92. The van der Waals surface area contributed by atoms with Crippen LogP contribution in [0.4, 0.5) is 16.2 Å². The number of hydrogen-bond acceptors (Lipinski definition) is 6. The summed E-state index contributed by atoms with van der Waals surface area (Å²) in [7, 11) is 2.06. The zero-order valence-corrected chi connectivity index (χ0v) is 21.0. The van der Waals surface area contributed by atoms with E-state index in [1.807, 2.05) is 25.1 Å². The molecule has 0 radical (unpaired) electrons. The molecule has 1 saturated heterocycles. The highest BCUT2D eigenvalue weighted by molar-refractivity contribution is 9.11. The predicted molar refractivity (Wildman–Crippen MR) is 133 cm³/mol. The van der Waals surface area contributed by atoms with Crippen LogP contribution in [-0.4, -0.2) is 54.1 Å². The van der Waals surface area contributed by atoms with Crippen LogP contribution in [0.5, 0.6) is 5.06 Å². The van der Waals surface area contributed by atoms with Gasteiger partial charge in [0.05, 0.1) is 8.77 Å². The van der Waals surface area contributed by atoms with Crippen LogP contribution in [0.1, 0.15) is 19.4 Å². The van der Waals surface area contributed by atoms with Crippen molar-refractivity contribution in [2.75, 3.05) is 36.9 Å². The molecule has 1 fully saturated rings. The van der Waals surface area contributed by atoms with Gasteiger partial charge in [0, 0.05) is 31.0 Å². The van der Waals surface area contributed by atoms with Gasteiger partial charge in [-0.1, -0.05) is 23.6 Å². The van der Waals surface area contributed by atoms with E-state index in [1.54, 1.807) is 26.0 Å². The summed E-state index contributed by atoms with van der Waals surface area (Å²) in [6.07, 6.45) is -0.690. The van der Waals surface area contributed by atoms with Crippen LogP contribution in [0.15, 0.2) is 34.1 Å². The number of aryl methyl sites for hydroxylation is 1. The van der Waals surface area contributed by atoms with E-state index in [0.29, 0.717) is 10.8 Å². The number of thiophene rings is 1. The summed E-state index contributed by atoms with van der Waals surface area (Å²) < 4.78 is 6.08. The van der Waals surface area contributed by atoms with Crippen molar-refractivity contribution in [1.82, 2.24) is 10.2 Å². The molecule has 3 rings (SSSR count). The topological polar surface area (TPSA) is 73.9 Å². The number of carbonyl (C=O) groups excluding carboxylic acids is 2. The van der Waals surface area contributed by atoms with Crippen LogP contribution in [0.3, 0.4) is 0 Å². The van der Waals surface area contributed by atoms with E-state index in [2.05, 4.69) is 43.4 Å². The number of nitrogens with one attached hydrogen (secondary N) is 2. The minimum absolute atomic E-state index is 0.348. The summed E-state index contributed by atoms with van der Waals surface area (Å²) in [5.41, 5.74) is 1.53. The molecule has 2 heterocycles. The zero-order chi connectivity index (χ0) is 22.8. The molecule has 0 atom stereocenters. The minimum Gasteiger partial charge on any atom is -0.399 e. The Labute approximate surface area is 199 Å². The lowest BCUT2D eigenvalue weighted by molar-refractivity contribution is -0.121. The molecule has 1 aliphatic rings. The molecule has 2 amide bonds. The van der Waals surface area contributed by atoms with Crippen LogP contribution in [0, 0.1) is 6.92 Å². The van der Waals surface area contributed by atoms with Crippen molar-refractivity contribution in [2.24, 2.45) is 0 Å². The van der Waals surface area contributed by atoms with E-state index in [-0.39, 0.29) is 5.91 Å². The normalized spacial score (nSPS) is 15.0. The maximum Gasteiger partial charge on any atom is 0.414 e. The highest BCUT2D eigenvalue weighted by Gasteiger charge is 2.31. The molecule has 2 aromatic rings. The number of amides is 2. The molecule has 166 valence electrons. The molecule has 7 nitrogen and oxygen atoms in total. The number of nitrogens with zero attached hydrogens (tertiary/aromatic N) is 2. The monoisotopic (exact) mass is 524 g/mol. The van der Waals surface area contributed by atoms with Crippen LogP contribution in [0.2, 0.25) is 0 Å². The van der Waals surface area contributed by atoms with Gasteiger partial charge in [-0.3, -0.25) is 9.69 Å². The molecule has 10 heteroatoms. The van der Waals surface area contributed by atoms with Gasteiger partial charge in [-0.15, -0.1) is 0 Å². The third kappa shape index (κ3) is 6.03. The fraction of sp³-hybridized carbons (Fsp3) is 0.381. The highest BCUT2D eigenvalue weighted by Crippen LogP contribution is 2.29. The molecular weight excluding hydrogens is 500 g/mol. The first kappa shape index (κ1) is 23.6. The fourth-order valence-electron chi connectivity index (χ4n) is 3.15. The fourth-order valence-corrected chi connectivity index (χ4v) is 4.75. The van der Waals surface area contributed by atoms with Crippen LogP contribution in [-0.2, 0) is 4.79 Å². The zero-order valence-electron chi connectivity index (χ0n) is 17.8. The van der Waals surface area contributed by atoms with E-state index >= 15 is 0 Å². The Kier molecular flexibility index (Phi) is 7.35. The summed E-state index contributed by atoms with van der Waals surface area (Å²) >= 11 is 10.1. The van der Waals surface area contributed by atoms with Gasteiger partial charge in [-0.25, -0.2) is 4.79 Å². The number of thiocarbonyl (C=S) groups is 1. The highest BCUT2D eigenvalue weighted by atomic mass is 79.9. The second-order valence-corrected chi connectivity index (χ2v) is 10.8. The van der Waals surface area contributed by atoms with Gasteiger partial charge >= 0.3 is 6.09 Å². The maximum absolute atomic E-state index is 12.8. The SMILES string of the molecule is Cc1cc(NC(=O)C(C)(C)NC(=O)Oc2ccc(Br)s2)ccc1N1CCN(C)CC1=S. The van der Waals surface area contributed by atoms with E-state index in [1.165, 1.54) is 11.3 Å². The molecule has 0 saturated carbocycles.